The van der Waals surface area contributed by atoms with Crippen LogP contribution in [0.25, 0.3) is 0 Å². The zero-order valence-corrected chi connectivity index (χ0v) is 29.0. The number of carbonyl (C=O) groups excluding carboxylic acids is 1. The first-order valence-electron chi connectivity index (χ1n) is 17.1. The SMILES string of the molecule is CCNC(=O)c1ccc2cc1Oc1ccc(cc1)C[C@H]1c3c(cc(CO)c(OC)c3Oc3cc4c(cc3OC)CCN(C)[C@@H]4C2)CCN1C. The van der Waals surface area contributed by atoms with Gasteiger partial charge in [0.1, 0.15) is 11.5 Å². The topological polar surface area (TPSA) is 92.7 Å². The van der Waals surface area contributed by atoms with Crippen LogP contribution in [0.5, 0.6) is 34.5 Å². The third kappa shape index (κ3) is 6.23. The monoisotopic (exact) mass is 663 g/mol. The van der Waals surface area contributed by atoms with Gasteiger partial charge in [-0.25, -0.2) is 0 Å². The van der Waals surface area contributed by atoms with E-state index in [1.807, 2.05) is 37.3 Å². The first kappa shape index (κ1) is 33.0. The molecule has 4 aliphatic heterocycles. The number of aliphatic hydroxyl groups excluding tert-OH is 1. The zero-order valence-electron chi connectivity index (χ0n) is 29.0. The van der Waals surface area contributed by atoms with Crippen LogP contribution in [0.1, 0.15) is 68.3 Å². The molecule has 4 heterocycles. The van der Waals surface area contributed by atoms with Gasteiger partial charge in [-0.15, -0.1) is 0 Å². The predicted octanol–water partition coefficient (Wildman–Crippen LogP) is 6.39. The van der Waals surface area contributed by atoms with Crippen LogP contribution in [0.3, 0.4) is 0 Å². The average Bonchev–Trinajstić information content (AvgIpc) is 3.10. The molecule has 8 rings (SSSR count). The highest BCUT2D eigenvalue weighted by Gasteiger charge is 2.34. The lowest BCUT2D eigenvalue weighted by Gasteiger charge is -2.37. The van der Waals surface area contributed by atoms with Crippen LogP contribution in [0.2, 0.25) is 0 Å². The van der Waals surface area contributed by atoms with Crippen LogP contribution in [-0.4, -0.2) is 68.8 Å². The number of hydrogen-bond acceptors (Lipinski definition) is 8. The zero-order chi connectivity index (χ0) is 34.2. The van der Waals surface area contributed by atoms with Gasteiger partial charge in [0.05, 0.1) is 26.4 Å². The molecule has 0 saturated carbocycles. The standard InChI is InChI=1S/C40H45N3O6/c1-6-41-40(45)30-12-9-25-18-32-31-22-36(35(46-4)21-26(31)13-15-42(32)2)49-39-37-27(20-28(23-44)38(39)47-5)14-16-43(3)33(37)17-24-7-10-29(11-8-24)48-34(30)19-25/h7-12,19-22,32-33,44H,6,13-18,23H2,1-5H3,(H,41,45)/t32-,33+/m1/s1. The summed E-state index contributed by atoms with van der Waals surface area (Å²) in [7, 11) is 7.60. The molecule has 6 bridgehead atoms. The number of fused-ring (bicyclic) bond motifs is 2. The summed E-state index contributed by atoms with van der Waals surface area (Å²) in [6.45, 7) is 4.03. The molecule has 0 unspecified atom stereocenters. The maximum absolute atomic E-state index is 13.1. The highest BCUT2D eigenvalue weighted by molar-refractivity contribution is 5.97. The van der Waals surface area contributed by atoms with Gasteiger partial charge in [0.2, 0.25) is 0 Å². The number of benzene rings is 4. The largest absolute Gasteiger partial charge is 0.493 e. The minimum absolute atomic E-state index is 0.0189. The average molecular weight is 664 g/mol. The van der Waals surface area contributed by atoms with E-state index < -0.39 is 0 Å². The molecule has 0 aromatic heterocycles. The molecule has 2 N–H and O–H groups in total. The first-order chi connectivity index (χ1) is 23.8. The van der Waals surface area contributed by atoms with Crippen LogP contribution in [0.4, 0.5) is 0 Å². The van der Waals surface area contributed by atoms with Gasteiger partial charge in [-0.05, 0) is 117 Å². The van der Waals surface area contributed by atoms with E-state index in [2.05, 4.69) is 59.5 Å². The van der Waals surface area contributed by atoms with Crippen molar-refractivity contribution in [3.63, 3.8) is 0 Å². The molecule has 9 nitrogen and oxygen atoms in total. The minimum atomic E-state index is -0.163. The summed E-state index contributed by atoms with van der Waals surface area (Å²) >= 11 is 0. The molecular weight excluding hydrogens is 618 g/mol. The number of hydrogen-bond donors (Lipinski definition) is 2. The van der Waals surface area contributed by atoms with Crippen molar-refractivity contribution in [1.82, 2.24) is 15.1 Å². The predicted molar refractivity (Wildman–Crippen MR) is 189 cm³/mol. The van der Waals surface area contributed by atoms with Crippen LogP contribution in [-0.2, 0) is 32.3 Å². The molecule has 0 saturated heterocycles. The van der Waals surface area contributed by atoms with Crippen LogP contribution < -0.4 is 24.3 Å². The summed E-state index contributed by atoms with van der Waals surface area (Å²) in [4.78, 5) is 17.8. The first-order valence-corrected chi connectivity index (χ1v) is 17.1. The van der Waals surface area contributed by atoms with E-state index in [1.165, 1.54) is 5.56 Å². The van der Waals surface area contributed by atoms with Crippen LogP contribution in [0.15, 0.2) is 60.7 Å². The molecule has 0 radical (unpaired) electrons. The van der Waals surface area contributed by atoms with Gasteiger partial charge < -0.3 is 29.4 Å². The number of methoxy groups -OCH3 is 2. The van der Waals surface area contributed by atoms with Crippen molar-refractivity contribution in [2.75, 3.05) is 47.9 Å². The Kier molecular flexibility index (Phi) is 9.24. The number of nitrogens with one attached hydrogen (secondary N) is 1. The van der Waals surface area contributed by atoms with E-state index in [0.717, 1.165) is 60.2 Å². The number of rotatable bonds is 5. The van der Waals surface area contributed by atoms with Crippen molar-refractivity contribution < 1.29 is 28.8 Å². The Hall–Kier alpha value is -4.57. The third-order valence-corrected chi connectivity index (χ3v) is 10.3. The number of nitrogens with zero attached hydrogens (tertiary/aromatic N) is 2. The molecular formula is C40H45N3O6. The molecule has 256 valence electrons. The Labute approximate surface area is 288 Å². The van der Waals surface area contributed by atoms with Crippen molar-refractivity contribution in [1.29, 1.82) is 0 Å². The Balaban J connectivity index is 1.44. The summed E-state index contributed by atoms with van der Waals surface area (Å²) in [6, 6.07) is 20.3. The summed E-state index contributed by atoms with van der Waals surface area (Å²) in [5, 5.41) is 13.4. The molecule has 0 fully saturated rings. The number of likely N-dealkylation sites (N-methyl/N-ethyl adjacent to an activating group) is 2. The van der Waals surface area contributed by atoms with Gasteiger partial charge in [0.25, 0.3) is 5.91 Å². The van der Waals surface area contributed by atoms with Crippen LogP contribution >= 0.6 is 0 Å². The molecule has 2 atom stereocenters. The molecule has 1 amide bonds. The molecule has 0 spiro atoms. The summed E-state index contributed by atoms with van der Waals surface area (Å²) in [5.41, 5.74) is 7.96. The maximum Gasteiger partial charge on any atom is 0.255 e. The lowest BCUT2D eigenvalue weighted by atomic mass is 9.86. The van der Waals surface area contributed by atoms with Crippen molar-refractivity contribution >= 4 is 5.91 Å². The van der Waals surface area contributed by atoms with Gasteiger partial charge in [0.15, 0.2) is 23.0 Å². The fourth-order valence-electron chi connectivity index (χ4n) is 7.65. The fourth-order valence-corrected chi connectivity index (χ4v) is 7.65. The van der Waals surface area contributed by atoms with Crippen LogP contribution in [0, 0.1) is 0 Å². The molecule has 4 aromatic rings. The van der Waals surface area contributed by atoms with E-state index >= 15 is 0 Å². The van der Waals surface area contributed by atoms with Gasteiger partial charge in [-0.1, -0.05) is 18.2 Å². The Morgan fingerprint density at radius 1 is 0.857 bits per heavy atom. The lowest BCUT2D eigenvalue weighted by molar-refractivity contribution is 0.0953. The Morgan fingerprint density at radius 3 is 2.29 bits per heavy atom. The second-order valence-electron chi connectivity index (χ2n) is 13.3. The molecule has 0 aliphatic carbocycles. The number of carbonyl (C=O) groups is 1. The van der Waals surface area contributed by atoms with Crippen molar-refractivity contribution in [2.45, 2.75) is 51.3 Å². The molecule has 9 heteroatoms. The minimum Gasteiger partial charge on any atom is -0.493 e. The molecule has 4 aliphatic rings. The lowest BCUT2D eigenvalue weighted by Crippen LogP contribution is -2.34. The summed E-state index contributed by atoms with van der Waals surface area (Å²) in [6.07, 6.45) is 3.12. The van der Waals surface area contributed by atoms with E-state index in [4.69, 9.17) is 18.9 Å². The van der Waals surface area contributed by atoms with Gasteiger partial charge in [-0.2, -0.15) is 0 Å². The second-order valence-corrected chi connectivity index (χ2v) is 13.3. The van der Waals surface area contributed by atoms with Crippen molar-refractivity contribution in [2.24, 2.45) is 0 Å². The van der Waals surface area contributed by atoms with Gasteiger partial charge in [-0.3, -0.25) is 14.6 Å². The normalized spacial score (nSPS) is 18.7. The highest BCUT2D eigenvalue weighted by Crippen LogP contribution is 2.49. The van der Waals surface area contributed by atoms with Gasteiger partial charge in [0, 0.05) is 42.8 Å². The van der Waals surface area contributed by atoms with E-state index in [1.54, 1.807) is 14.2 Å². The van der Waals surface area contributed by atoms with Crippen molar-refractivity contribution in [3.8, 4) is 34.5 Å². The third-order valence-electron chi connectivity index (χ3n) is 10.3. The van der Waals surface area contributed by atoms with Crippen molar-refractivity contribution in [3.05, 3.63) is 105 Å². The van der Waals surface area contributed by atoms with Gasteiger partial charge >= 0.3 is 0 Å². The summed E-state index contributed by atoms with van der Waals surface area (Å²) in [5.74, 6) is 3.45. The van der Waals surface area contributed by atoms with E-state index in [-0.39, 0.29) is 24.6 Å². The summed E-state index contributed by atoms with van der Waals surface area (Å²) < 4.78 is 25.5. The quantitative estimate of drug-likeness (QED) is 0.254. The molecule has 4 aromatic carbocycles. The van der Waals surface area contributed by atoms with E-state index in [9.17, 15) is 9.90 Å². The Morgan fingerprint density at radius 2 is 1.57 bits per heavy atom. The molecule has 49 heavy (non-hydrogen) atoms. The number of amides is 1. The smallest absolute Gasteiger partial charge is 0.255 e. The number of ether oxygens (including phenoxy) is 4. The highest BCUT2D eigenvalue weighted by atomic mass is 16.5. The maximum atomic E-state index is 13.1. The second kappa shape index (κ2) is 13.7. The van der Waals surface area contributed by atoms with E-state index in [0.29, 0.717) is 58.6 Å². The Bertz CT molecular complexity index is 1870. The number of aliphatic hydroxyl groups is 1. The fraction of sp³-hybridized carbons (Fsp3) is 0.375.